The van der Waals surface area contributed by atoms with Crippen LogP contribution in [0.5, 0.6) is 0 Å². The van der Waals surface area contributed by atoms with E-state index in [9.17, 15) is 9.59 Å². The second kappa shape index (κ2) is 9.55. The van der Waals surface area contributed by atoms with Crippen LogP contribution in [0.1, 0.15) is 26.2 Å². The van der Waals surface area contributed by atoms with Crippen molar-refractivity contribution in [1.82, 2.24) is 20.9 Å². The van der Waals surface area contributed by atoms with Crippen LogP contribution in [0.3, 0.4) is 0 Å². The summed E-state index contributed by atoms with van der Waals surface area (Å²) >= 11 is 0. The van der Waals surface area contributed by atoms with E-state index in [1.807, 2.05) is 6.92 Å². The first-order valence-corrected chi connectivity index (χ1v) is 7.27. The zero-order valence-corrected chi connectivity index (χ0v) is 12.2. The molecule has 1 heterocycles. The molecule has 116 valence electrons. The number of piperazine rings is 1. The molecule has 0 aromatic rings. The standard InChI is InChI=1S/C13H26N4O3/c1-11(3-2-4-12(18)19)16-13(20)15-7-10-17-8-5-14-6-9-17/h11,14H,2-10H2,1H3,(H,18,19)(H2,15,16,20). The van der Waals surface area contributed by atoms with Crippen molar-refractivity contribution in [3.63, 3.8) is 0 Å². The Kier molecular flexibility index (Phi) is 7.98. The molecule has 20 heavy (non-hydrogen) atoms. The zero-order valence-electron chi connectivity index (χ0n) is 12.2. The number of urea groups is 1. The Labute approximate surface area is 120 Å². The molecule has 1 aliphatic heterocycles. The highest BCUT2D eigenvalue weighted by atomic mass is 16.4. The minimum atomic E-state index is -0.794. The molecular formula is C13H26N4O3. The van der Waals surface area contributed by atoms with E-state index >= 15 is 0 Å². The van der Waals surface area contributed by atoms with Crippen LogP contribution in [0.15, 0.2) is 0 Å². The maximum Gasteiger partial charge on any atom is 0.315 e. The molecule has 0 bridgehead atoms. The van der Waals surface area contributed by atoms with Crippen molar-refractivity contribution in [3.05, 3.63) is 0 Å². The molecular weight excluding hydrogens is 260 g/mol. The number of carboxylic acid groups (broad SMARTS) is 1. The Morgan fingerprint density at radius 3 is 2.70 bits per heavy atom. The first-order chi connectivity index (χ1) is 9.58. The van der Waals surface area contributed by atoms with E-state index in [0.717, 1.165) is 32.7 Å². The summed E-state index contributed by atoms with van der Waals surface area (Å²) in [5.41, 5.74) is 0. The molecule has 7 nitrogen and oxygen atoms in total. The van der Waals surface area contributed by atoms with Gasteiger partial charge in [0.05, 0.1) is 0 Å². The number of carboxylic acids is 1. The van der Waals surface area contributed by atoms with Gasteiger partial charge in [-0.2, -0.15) is 0 Å². The maximum atomic E-state index is 11.6. The number of nitrogens with zero attached hydrogens (tertiary/aromatic N) is 1. The smallest absolute Gasteiger partial charge is 0.315 e. The van der Waals surface area contributed by atoms with Gasteiger partial charge in [-0.25, -0.2) is 4.79 Å². The van der Waals surface area contributed by atoms with Crippen molar-refractivity contribution in [1.29, 1.82) is 0 Å². The molecule has 1 atom stereocenters. The average Bonchev–Trinajstić information content (AvgIpc) is 2.39. The largest absolute Gasteiger partial charge is 0.481 e. The molecule has 0 saturated carbocycles. The quantitative estimate of drug-likeness (QED) is 0.497. The topological polar surface area (TPSA) is 93.7 Å². The van der Waals surface area contributed by atoms with E-state index < -0.39 is 5.97 Å². The second-order valence-corrected chi connectivity index (χ2v) is 5.18. The molecule has 2 amide bonds. The predicted molar refractivity (Wildman–Crippen MR) is 76.8 cm³/mol. The Hall–Kier alpha value is -1.34. The molecule has 1 saturated heterocycles. The molecule has 1 rings (SSSR count). The summed E-state index contributed by atoms with van der Waals surface area (Å²) in [6, 6.07) is -0.184. The van der Waals surface area contributed by atoms with Gasteiger partial charge in [0.25, 0.3) is 0 Å². The van der Waals surface area contributed by atoms with Gasteiger partial charge < -0.3 is 21.1 Å². The Bertz CT molecular complexity index is 306. The number of carbonyl (C=O) groups is 2. The molecule has 0 radical (unpaired) electrons. The summed E-state index contributed by atoms with van der Waals surface area (Å²) in [5.74, 6) is -0.794. The summed E-state index contributed by atoms with van der Waals surface area (Å²) in [6.07, 6.45) is 1.41. The predicted octanol–water partition coefficient (Wildman–Crippen LogP) is -0.166. The lowest BCUT2D eigenvalue weighted by atomic mass is 10.1. The van der Waals surface area contributed by atoms with Crippen LogP contribution < -0.4 is 16.0 Å². The minimum Gasteiger partial charge on any atom is -0.481 e. The van der Waals surface area contributed by atoms with Crippen molar-refractivity contribution in [3.8, 4) is 0 Å². The van der Waals surface area contributed by atoms with Gasteiger partial charge in [0.15, 0.2) is 0 Å². The first-order valence-electron chi connectivity index (χ1n) is 7.27. The summed E-state index contributed by atoms with van der Waals surface area (Å²) in [6.45, 7) is 7.44. The first kappa shape index (κ1) is 16.7. The van der Waals surface area contributed by atoms with Crippen LogP contribution >= 0.6 is 0 Å². The van der Waals surface area contributed by atoms with Crippen molar-refractivity contribution in [2.45, 2.75) is 32.2 Å². The van der Waals surface area contributed by atoms with Crippen molar-refractivity contribution >= 4 is 12.0 Å². The molecule has 0 spiro atoms. The van der Waals surface area contributed by atoms with Gasteiger partial charge in [0.2, 0.25) is 0 Å². The van der Waals surface area contributed by atoms with Crippen molar-refractivity contribution in [2.75, 3.05) is 39.3 Å². The zero-order chi connectivity index (χ0) is 14.8. The molecule has 0 aromatic carbocycles. The van der Waals surface area contributed by atoms with E-state index in [4.69, 9.17) is 5.11 Å². The number of rotatable bonds is 8. The maximum absolute atomic E-state index is 11.6. The Morgan fingerprint density at radius 2 is 2.05 bits per heavy atom. The number of amides is 2. The fourth-order valence-corrected chi connectivity index (χ4v) is 2.17. The van der Waals surface area contributed by atoms with Crippen LogP contribution in [0.2, 0.25) is 0 Å². The highest BCUT2D eigenvalue weighted by Crippen LogP contribution is 2.00. The lowest BCUT2D eigenvalue weighted by molar-refractivity contribution is -0.137. The fourth-order valence-electron chi connectivity index (χ4n) is 2.17. The summed E-state index contributed by atoms with van der Waals surface area (Å²) in [7, 11) is 0. The van der Waals surface area contributed by atoms with E-state index in [-0.39, 0.29) is 18.5 Å². The number of carbonyl (C=O) groups excluding carboxylic acids is 1. The number of nitrogens with one attached hydrogen (secondary N) is 3. The van der Waals surface area contributed by atoms with Crippen LogP contribution in [0, 0.1) is 0 Å². The molecule has 7 heteroatoms. The fraction of sp³-hybridized carbons (Fsp3) is 0.846. The van der Waals surface area contributed by atoms with Gasteiger partial charge >= 0.3 is 12.0 Å². The molecule has 0 aliphatic carbocycles. The van der Waals surface area contributed by atoms with Crippen molar-refractivity contribution < 1.29 is 14.7 Å². The molecule has 1 unspecified atom stereocenters. The monoisotopic (exact) mass is 286 g/mol. The molecule has 1 aliphatic rings. The van der Waals surface area contributed by atoms with E-state index in [2.05, 4.69) is 20.9 Å². The number of hydrogen-bond donors (Lipinski definition) is 4. The molecule has 1 fully saturated rings. The van der Waals surface area contributed by atoms with Gasteiger partial charge in [0, 0.05) is 51.7 Å². The third-order valence-corrected chi connectivity index (χ3v) is 3.33. The van der Waals surface area contributed by atoms with E-state index in [1.54, 1.807) is 0 Å². The van der Waals surface area contributed by atoms with Crippen LogP contribution in [0.4, 0.5) is 4.79 Å². The number of hydrogen-bond acceptors (Lipinski definition) is 4. The van der Waals surface area contributed by atoms with Crippen LogP contribution in [-0.4, -0.2) is 67.3 Å². The van der Waals surface area contributed by atoms with E-state index in [0.29, 0.717) is 19.4 Å². The van der Waals surface area contributed by atoms with Crippen LogP contribution in [-0.2, 0) is 4.79 Å². The van der Waals surface area contributed by atoms with Gasteiger partial charge in [-0.05, 0) is 19.8 Å². The van der Waals surface area contributed by atoms with Crippen molar-refractivity contribution in [2.24, 2.45) is 0 Å². The number of aliphatic carboxylic acids is 1. The minimum absolute atomic E-state index is 0.00598. The summed E-state index contributed by atoms with van der Waals surface area (Å²) < 4.78 is 0. The van der Waals surface area contributed by atoms with Crippen LogP contribution in [0.25, 0.3) is 0 Å². The lowest BCUT2D eigenvalue weighted by Crippen LogP contribution is -2.48. The van der Waals surface area contributed by atoms with Gasteiger partial charge in [0.1, 0.15) is 0 Å². The average molecular weight is 286 g/mol. The van der Waals surface area contributed by atoms with E-state index in [1.165, 1.54) is 0 Å². The highest BCUT2D eigenvalue weighted by Gasteiger charge is 2.10. The molecule has 0 aromatic heterocycles. The van der Waals surface area contributed by atoms with Gasteiger partial charge in [-0.1, -0.05) is 0 Å². The van der Waals surface area contributed by atoms with Gasteiger partial charge in [-0.15, -0.1) is 0 Å². The lowest BCUT2D eigenvalue weighted by Gasteiger charge is -2.27. The highest BCUT2D eigenvalue weighted by molar-refractivity contribution is 5.74. The third-order valence-electron chi connectivity index (χ3n) is 3.33. The summed E-state index contributed by atoms with van der Waals surface area (Å²) in [5, 5.41) is 17.5. The Morgan fingerprint density at radius 1 is 1.35 bits per heavy atom. The third kappa shape index (κ3) is 7.96. The SMILES string of the molecule is CC(CCCC(=O)O)NC(=O)NCCN1CCNCC1. The van der Waals surface area contributed by atoms with Gasteiger partial charge in [-0.3, -0.25) is 9.69 Å². The molecule has 4 N–H and O–H groups in total. The summed E-state index contributed by atoms with van der Waals surface area (Å²) in [4.78, 5) is 24.3. The second-order valence-electron chi connectivity index (χ2n) is 5.18. The Balaban J connectivity index is 2.02. The normalized spacial score (nSPS) is 17.4.